The largest absolute Gasteiger partial charge is 0.356 e. The second kappa shape index (κ2) is 6.71. The molecular formula is C17H20ClFN4. The quantitative estimate of drug-likeness (QED) is 0.893. The van der Waals surface area contributed by atoms with Gasteiger partial charge in [0.25, 0.3) is 0 Å². The topological polar surface area (TPSA) is 41.1 Å². The van der Waals surface area contributed by atoms with Crippen molar-refractivity contribution in [2.75, 3.05) is 23.3 Å². The van der Waals surface area contributed by atoms with Crippen molar-refractivity contribution in [2.45, 2.75) is 26.7 Å². The van der Waals surface area contributed by atoms with Crippen molar-refractivity contribution in [2.24, 2.45) is 5.92 Å². The normalized spacial score (nSPS) is 18.1. The van der Waals surface area contributed by atoms with Crippen molar-refractivity contribution in [3.8, 4) is 0 Å². The fourth-order valence-corrected chi connectivity index (χ4v) is 3.05. The minimum absolute atomic E-state index is 0.0766. The van der Waals surface area contributed by atoms with Gasteiger partial charge in [-0.25, -0.2) is 9.37 Å². The summed E-state index contributed by atoms with van der Waals surface area (Å²) >= 11 is 5.82. The van der Waals surface area contributed by atoms with Gasteiger partial charge in [0, 0.05) is 30.5 Å². The van der Waals surface area contributed by atoms with Crippen LogP contribution < -0.4 is 10.2 Å². The van der Waals surface area contributed by atoms with Crippen LogP contribution in [0.3, 0.4) is 0 Å². The number of nitrogens with one attached hydrogen (secondary N) is 1. The first-order valence-electron chi connectivity index (χ1n) is 7.84. The molecule has 1 saturated heterocycles. The summed E-state index contributed by atoms with van der Waals surface area (Å²) in [7, 11) is 0. The summed E-state index contributed by atoms with van der Waals surface area (Å²) in [6.45, 7) is 6.24. The van der Waals surface area contributed by atoms with Gasteiger partial charge in [0.15, 0.2) is 0 Å². The summed E-state index contributed by atoms with van der Waals surface area (Å²) < 4.78 is 13.2. The maximum atomic E-state index is 13.2. The maximum absolute atomic E-state index is 13.2. The zero-order chi connectivity index (χ0) is 16.4. The molecule has 4 nitrogen and oxygen atoms in total. The van der Waals surface area contributed by atoms with Crippen LogP contribution in [0, 0.1) is 18.7 Å². The minimum Gasteiger partial charge on any atom is -0.356 e. The lowest BCUT2D eigenvalue weighted by Crippen LogP contribution is -2.35. The number of nitrogens with zero attached hydrogens (tertiary/aromatic N) is 3. The molecule has 1 aromatic carbocycles. The Bertz CT molecular complexity index is 707. The van der Waals surface area contributed by atoms with E-state index in [1.54, 1.807) is 6.07 Å². The van der Waals surface area contributed by atoms with Gasteiger partial charge in [-0.2, -0.15) is 4.98 Å². The van der Waals surface area contributed by atoms with Crippen LogP contribution in [0.2, 0.25) is 5.02 Å². The monoisotopic (exact) mass is 334 g/mol. The molecule has 2 heterocycles. The lowest BCUT2D eigenvalue weighted by Gasteiger charge is -2.32. The number of rotatable bonds is 3. The van der Waals surface area contributed by atoms with E-state index in [0.29, 0.717) is 17.6 Å². The SMILES string of the molecule is Cc1cc(N2CCCC(C)C2)nc(Nc2ccc(F)c(Cl)c2)n1. The van der Waals surface area contributed by atoms with E-state index >= 15 is 0 Å². The van der Waals surface area contributed by atoms with E-state index in [1.165, 1.54) is 25.0 Å². The number of halogens is 2. The summed E-state index contributed by atoms with van der Waals surface area (Å²) in [5.74, 6) is 1.66. The number of anilines is 3. The third-order valence-electron chi connectivity index (χ3n) is 4.00. The molecular weight excluding hydrogens is 315 g/mol. The van der Waals surface area contributed by atoms with Crippen LogP contribution in [0.4, 0.5) is 21.8 Å². The Labute approximate surface area is 140 Å². The third kappa shape index (κ3) is 3.91. The standard InChI is InChI=1S/C17H20ClFN4/c1-11-4-3-7-23(10-11)16-8-12(2)20-17(22-16)21-13-5-6-15(19)14(18)9-13/h5-6,8-9,11H,3-4,7,10H2,1-2H3,(H,20,21,22). The average Bonchev–Trinajstić information content (AvgIpc) is 2.50. The van der Waals surface area contributed by atoms with Crippen LogP contribution >= 0.6 is 11.6 Å². The molecule has 1 unspecified atom stereocenters. The van der Waals surface area contributed by atoms with Crippen molar-refractivity contribution in [3.05, 3.63) is 40.8 Å². The molecule has 6 heteroatoms. The minimum atomic E-state index is -0.439. The lowest BCUT2D eigenvalue weighted by atomic mass is 10.0. The lowest BCUT2D eigenvalue weighted by molar-refractivity contribution is 0.444. The van der Waals surface area contributed by atoms with Gasteiger partial charge in [0.2, 0.25) is 5.95 Å². The summed E-state index contributed by atoms with van der Waals surface area (Å²) in [6, 6.07) is 6.48. The maximum Gasteiger partial charge on any atom is 0.229 e. The summed E-state index contributed by atoms with van der Waals surface area (Å²) in [5.41, 5.74) is 1.56. The molecule has 0 aliphatic carbocycles. The van der Waals surface area contributed by atoms with Crippen molar-refractivity contribution in [1.29, 1.82) is 0 Å². The molecule has 0 saturated carbocycles. The zero-order valence-corrected chi connectivity index (χ0v) is 14.1. The molecule has 1 N–H and O–H groups in total. The van der Waals surface area contributed by atoms with Gasteiger partial charge in [0.05, 0.1) is 5.02 Å². The van der Waals surface area contributed by atoms with Gasteiger partial charge in [-0.3, -0.25) is 0 Å². The third-order valence-corrected chi connectivity index (χ3v) is 4.29. The summed E-state index contributed by atoms with van der Waals surface area (Å²) in [4.78, 5) is 11.3. The summed E-state index contributed by atoms with van der Waals surface area (Å²) in [5, 5.41) is 3.18. The Balaban J connectivity index is 1.83. The smallest absolute Gasteiger partial charge is 0.229 e. The summed E-state index contributed by atoms with van der Waals surface area (Å²) in [6.07, 6.45) is 2.44. The first-order chi connectivity index (χ1) is 11.0. The van der Waals surface area contributed by atoms with Crippen molar-refractivity contribution >= 4 is 29.1 Å². The van der Waals surface area contributed by atoms with Crippen LogP contribution in [0.25, 0.3) is 0 Å². The highest BCUT2D eigenvalue weighted by molar-refractivity contribution is 6.31. The van der Waals surface area contributed by atoms with Crippen LogP contribution in [0.15, 0.2) is 24.3 Å². The van der Waals surface area contributed by atoms with E-state index in [4.69, 9.17) is 11.6 Å². The van der Waals surface area contributed by atoms with Gasteiger partial charge in [-0.15, -0.1) is 0 Å². The Morgan fingerprint density at radius 1 is 1.30 bits per heavy atom. The molecule has 1 aliphatic heterocycles. The molecule has 2 aromatic rings. The molecule has 23 heavy (non-hydrogen) atoms. The van der Waals surface area contributed by atoms with Crippen LogP contribution in [-0.4, -0.2) is 23.1 Å². The Hall–Kier alpha value is -1.88. The van der Waals surface area contributed by atoms with E-state index in [1.807, 2.05) is 13.0 Å². The number of benzene rings is 1. The van der Waals surface area contributed by atoms with Crippen LogP contribution in [0.5, 0.6) is 0 Å². The Morgan fingerprint density at radius 2 is 2.13 bits per heavy atom. The van der Waals surface area contributed by atoms with Crippen molar-refractivity contribution < 1.29 is 4.39 Å². The molecule has 1 fully saturated rings. The number of hydrogen-bond donors (Lipinski definition) is 1. The van der Waals surface area contributed by atoms with Gasteiger partial charge < -0.3 is 10.2 Å². The van der Waals surface area contributed by atoms with Crippen molar-refractivity contribution in [3.63, 3.8) is 0 Å². The molecule has 122 valence electrons. The predicted molar refractivity (Wildman–Crippen MR) is 92.1 cm³/mol. The molecule has 0 spiro atoms. The van der Waals surface area contributed by atoms with E-state index in [0.717, 1.165) is 24.6 Å². The average molecular weight is 335 g/mol. The second-order valence-corrected chi connectivity index (χ2v) is 6.55. The molecule has 1 aromatic heterocycles. The van der Waals surface area contributed by atoms with Gasteiger partial charge in [-0.05, 0) is 43.9 Å². The molecule has 1 atom stereocenters. The number of piperidine rings is 1. The van der Waals surface area contributed by atoms with Gasteiger partial charge in [-0.1, -0.05) is 18.5 Å². The molecule has 0 radical (unpaired) electrons. The highest BCUT2D eigenvalue weighted by Gasteiger charge is 2.18. The van der Waals surface area contributed by atoms with E-state index < -0.39 is 5.82 Å². The highest BCUT2D eigenvalue weighted by atomic mass is 35.5. The first kappa shape index (κ1) is 16.0. The van der Waals surface area contributed by atoms with E-state index in [9.17, 15) is 4.39 Å². The molecule has 0 amide bonds. The number of hydrogen-bond acceptors (Lipinski definition) is 4. The first-order valence-corrected chi connectivity index (χ1v) is 8.22. The highest BCUT2D eigenvalue weighted by Crippen LogP contribution is 2.25. The van der Waals surface area contributed by atoms with Crippen LogP contribution in [-0.2, 0) is 0 Å². The van der Waals surface area contributed by atoms with Gasteiger partial charge in [0.1, 0.15) is 11.6 Å². The fraction of sp³-hybridized carbons (Fsp3) is 0.412. The molecule has 3 rings (SSSR count). The van der Waals surface area contributed by atoms with E-state index in [-0.39, 0.29) is 5.02 Å². The number of aryl methyl sites for hydroxylation is 1. The Morgan fingerprint density at radius 3 is 2.87 bits per heavy atom. The van der Waals surface area contributed by atoms with Crippen LogP contribution in [0.1, 0.15) is 25.5 Å². The Kier molecular flexibility index (Phi) is 4.66. The fourth-order valence-electron chi connectivity index (χ4n) is 2.87. The van der Waals surface area contributed by atoms with E-state index in [2.05, 4.69) is 27.1 Å². The number of aromatic nitrogens is 2. The van der Waals surface area contributed by atoms with Crippen molar-refractivity contribution in [1.82, 2.24) is 9.97 Å². The molecule has 0 bridgehead atoms. The second-order valence-electron chi connectivity index (χ2n) is 6.14. The predicted octanol–water partition coefficient (Wildman–Crippen LogP) is 4.56. The molecule has 1 aliphatic rings. The zero-order valence-electron chi connectivity index (χ0n) is 13.3. The van der Waals surface area contributed by atoms with Gasteiger partial charge >= 0.3 is 0 Å².